The van der Waals surface area contributed by atoms with Crippen molar-refractivity contribution in [2.75, 3.05) is 0 Å². The third kappa shape index (κ3) is 2.55. The Balaban J connectivity index is 3.35. The van der Waals surface area contributed by atoms with E-state index >= 15 is 0 Å². The van der Waals surface area contributed by atoms with E-state index in [1.54, 1.807) is 6.33 Å². The Morgan fingerprint density at radius 3 is 2.20 bits per heavy atom. The van der Waals surface area contributed by atoms with Gasteiger partial charge >= 0.3 is 0 Å². The Morgan fingerprint density at radius 2 is 1.80 bits per heavy atom. The minimum atomic E-state index is 0.109. The van der Waals surface area contributed by atoms with Gasteiger partial charge in [-0.1, -0.05) is 41.5 Å². The van der Waals surface area contributed by atoms with Crippen LogP contribution in [0.1, 0.15) is 64.4 Å². The average Bonchev–Trinajstić information content (AvgIpc) is 2.15. The molecular formula is C13H22N2. The van der Waals surface area contributed by atoms with Gasteiger partial charge in [-0.05, 0) is 17.9 Å². The van der Waals surface area contributed by atoms with Crippen LogP contribution in [0.4, 0.5) is 0 Å². The van der Waals surface area contributed by atoms with Crippen molar-refractivity contribution < 1.29 is 0 Å². The molecule has 1 rings (SSSR count). The summed E-state index contributed by atoms with van der Waals surface area (Å²) in [6, 6.07) is 0. The highest BCUT2D eigenvalue weighted by Gasteiger charge is 2.22. The molecule has 15 heavy (non-hydrogen) atoms. The molecule has 2 heteroatoms. The highest BCUT2D eigenvalue weighted by Crippen LogP contribution is 2.28. The third-order valence-corrected chi connectivity index (χ3v) is 2.59. The SMILES string of the molecule is CCc1c(C(C)C)ncnc1C(C)(C)C. The summed E-state index contributed by atoms with van der Waals surface area (Å²) < 4.78 is 0. The molecule has 0 fully saturated rings. The second-order valence-corrected chi connectivity index (χ2v) is 5.34. The molecule has 0 aliphatic heterocycles. The van der Waals surface area contributed by atoms with Crippen molar-refractivity contribution in [3.8, 4) is 0 Å². The van der Waals surface area contributed by atoms with Gasteiger partial charge in [-0.3, -0.25) is 0 Å². The van der Waals surface area contributed by atoms with Gasteiger partial charge in [0.05, 0.1) is 5.69 Å². The quantitative estimate of drug-likeness (QED) is 0.740. The van der Waals surface area contributed by atoms with Gasteiger partial charge in [-0.15, -0.1) is 0 Å². The topological polar surface area (TPSA) is 25.8 Å². The summed E-state index contributed by atoms with van der Waals surface area (Å²) in [7, 11) is 0. The zero-order valence-corrected chi connectivity index (χ0v) is 10.8. The molecular weight excluding hydrogens is 184 g/mol. The molecule has 0 bridgehead atoms. The molecule has 0 saturated heterocycles. The fraction of sp³-hybridized carbons (Fsp3) is 0.692. The Hall–Kier alpha value is -0.920. The Kier molecular flexibility index (Phi) is 3.48. The first kappa shape index (κ1) is 12.2. The van der Waals surface area contributed by atoms with E-state index in [1.807, 2.05) is 0 Å². The number of rotatable bonds is 2. The monoisotopic (exact) mass is 206 g/mol. The lowest BCUT2D eigenvalue weighted by atomic mass is 9.85. The summed E-state index contributed by atoms with van der Waals surface area (Å²) in [5.74, 6) is 0.476. The number of nitrogens with zero attached hydrogens (tertiary/aromatic N) is 2. The van der Waals surface area contributed by atoms with Crippen molar-refractivity contribution in [2.24, 2.45) is 0 Å². The van der Waals surface area contributed by atoms with E-state index in [-0.39, 0.29) is 5.41 Å². The summed E-state index contributed by atoms with van der Waals surface area (Å²) >= 11 is 0. The van der Waals surface area contributed by atoms with E-state index in [9.17, 15) is 0 Å². The molecule has 1 aromatic rings. The van der Waals surface area contributed by atoms with Crippen molar-refractivity contribution in [2.45, 2.75) is 59.3 Å². The van der Waals surface area contributed by atoms with Crippen LogP contribution in [0, 0.1) is 0 Å². The normalized spacial score (nSPS) is 12.2. The van der Waals surface area contributed by atoms with Crippen LogP contribution < -0.4 is 0 Å². The van der Waals surface area contributed by atoms with Gasteiger partial charge in [0.15, 0.2) is 0 Å². The fourth-order valence-corrected chi connectivity index (χ4v) is 1.92. The molecule has 0 radical (unpaired) electrons. The minimum Gasteiger partial charge on any atom is -0.241 e. The van der Waals surface area contributed by atoms with Gasteiger partial charge in [0.25, 0.3) is 0 Å². The van der Waals surface area contributed by atoms with E-state index in [4.69, 9.17) is 0 Å². The molecule has 0 aliphatic carbocycles. The highest BCUT2D eigenvalue weighted by atomic mass is 14.9. The van der Waals surface area contributed by atoms with Crippen molar-refractivity contribution in [3.63, 3.8) is 0 Å². The van der Waals surface area contributed by atoms with Gasteiger partial charge < -0.3 is 0 Å². The largest absolute Gasteiger partial charge is 0.241 e. The van der Waals surface area contributed by atoms with Gasteiger partial charge in [0.2, 0.25) is 0 Å². The summed E-state index contributed by atoms with van der Waals surface area (Å²) in [4.78, 5) is 8.86. The maximum atomic E-state index is 4.45. The molecule has 0 amide bonds. The fourth-order valence-electron chi connectivity index (χ4n) is 1.92. The van der Waals surface area contributed by atoms with Gasteiger partial charge in [0.1, 0.15) is 6.33 Å². The summed E-state index contributed by atoms with van der Waals surface area (Å²) in [5, 5.41) is 0. The van der Waals surface area contributed by atoms with Crippen LogP contribution in [0.5, 0.6) is 0 Å². The van der Waals surface area contributed by atoms with Crippen molar-refractivity contribution >= 4 is 0 Å². The van der Waals surface area contributed by atoms with Crippen LogP contribution in [0.25, 0.3) is 0 Å². The van der Waals surface area contributed by atoms with Gasteiger partial charge in [-0.25, -0.2) is 9.97 Å². The minimum absolute atomic E-state index is 0.109. The van der Waals surface area contributed by atoms with E-state index < -0.39 is 0 Å². The van der Waals surface area contributed by atoms with E-state index in [2.05, 4.69) is 51.5 Å². The van der Waals surface area contributed by atoms with Crippen LogP contribution >= 0.6 is 0 Å². The summed E-state index contributed by atoms with van der Waals surface area (Å²) in [6.07, 6.45) is 2.72. The van der Waals surface area contributed by atoms with E-state index in [0.717, 1.165) is 6.42 Å². The second-order valence-electron chi connectivity index (χ2n) is 5.34. The van der Waals surface area contributed by atoms with Gasteiger partial charge in [-0.2, -0.15) is 0 Å². The van der Waals surface area contributed by atoms with E-state index in [0.29, 0.717) is 5.92 Å². The second kappa shape index (κ2) is 4.30. The average molecular weight is 206 g/mol. The molecule has 0 unspecified atom stereocenters. The Bertz CT molecular complexity index is 335. The summed E-state index contributed by atoms with van der Waals surface area (Å²) in [6.45, 7) is 13.2. The lowest BCUT2D eigenvalue weighted by Crippen LogP contribution is -2.19. The molecule has 1 heterocycles. The molecule has 0 aliphatic rings. The molecule has 2 nitrogen and oxygen atoms in total. The molecule has 0 N–H and O–H groups in total. The van der Waals surface area contributed by atoms with Crippen LogP contribution in [0.3, 0.4) is 0 Å². The standard InChI is InChI=1S/C13H22N2/c1-7-10-11(9(2)3)14-8-15-12(10)13(4,5)6/h8-9H,7H2,1-6H3. The molecule has 0 spiro atoms. The number of hydrogen-bond donors (Lipinski definition) is 0. The predicted octanol–water partition coefficient (Wildman–Crippen LogP) is 3.46. The molecule has 0 aromatic carbocycles. The first-order valence-corrected chi connectivity index (χ1v) is 5.72. The highest BCUT2D eigenvalue weighted by molar-refractivity contribution is 5.31. The zero-order chi connectivity index (χ0) is 11.6. The number of aromatic nitrogens is 2. The molecule has 1 aromatic heterocycles. The Labute approximate surface area is 93.2 Å². The predicted molar refractivity (Wildman–Crippen MR) is 64.2 cm³/mol. The van der Waals surface area contributed by atoms with Crippen molar-refractivity contribution in [3.05, 3.63) is 23.3 Å². The smallest absolute Gasteiger partial charge is 0.115 e. The third-order valence-electron chi connectivity index (χ3n) is 2.59. The maximum Gasteiger partial charge on any atom is 0.115 e. The first-order valence-electron chi connectivity index (χ1n) is 5.72. The van der Waals surface area contributed by atoms with Crippen molar-refractivity contribution in [1.29, 1.82) is 0 Å². The molecule has 0 saturated carbocycles. The van der Waals surface area contributed by atoms with Gasteiger partial charge in [0, 0.05) is 11.1 Å². The summed E-state index contributed by atoms with van der Waals surface area (Å²) in [5.41, 5.74) is 3.85. The van der Waals surface area contributed by atoms with Crippen LogP contribution in [-0.2, 0) is 11.8 Å². The van der Waals surface area contributed by atoms with Crippen LogP contribution in [-0.4, -0.2) is 9.97 Å². The zero-order valence-electron chi connectivity index (χ0n) is 10.8. The van der Waals surface area contributed by atoms with Crippen molar-refractivity contribution in [1.82, 2.24) is 9.97 Å². The van der Waals surface area contributed by atoms with Crippen LogP contribution in [0.15, 0.2) is 6.33 Å². The first-order chi connectivity index (χ1) is 6.88. The Morgan fingerprint density at radius 1 is 1.20 bits per heavy atom. The molecule has 0 atom stereocenters. The van der Waals surface area contributed by atoms with Crippen LogP contribution in [0.2, 0.25) is 0 Å². The lowest BCUT2D eigenvalue weighted by Gasteiger charge is -2.23. The lowest BCUT2D eigenvalue weighted by molar-refractivity contribution is 0.553. The maximum absolute atomic E-state index is 4.45. The number of hydrogen-bond acceptors (Lipinski definition) is 2. The van der Waals surface area contributed by atoms with E-state index in [1.165, 1.54) is 17.0 Å². The molecule has 84 valence electrons.